The average molecular weight is 518 g/mol. The Bertz CT molecular complexity index is 1320. The van der Waals surface area contributed by atoms with Crippen molar-refractivity contribution in [3.63, 3.8) is 0 Å². The zero-order valence-corrected chi connectivity index (χ0v) is 21.8. The number of carbonyl (C=O) groups is 1. The van der Waals surface area contributed by atoms with Crippen molar-refractivity contribution < 1.29 is 33.6 Å². The first-order chi connectivity index (χ1) is 18.4. The largest absolute Gasteiger partial charge is 0.503 e. The highest BCUT2D eigenvalue weighted by Gasteiger charge is 2.14. The summed E-state index contributed by atoms with van der Waals surface area (Å²) in [7, 11) is 6.08. The number of benzene rings is 3. The number of amides is 1. The van der Waals surface area contributed by atoms with Gasteiger partial charge in [-0.3, -0.25) is 4.79 Å². The van der Waals surface area contributed by atoms with Gasteiger partial charge in [0.1, 0.15) is 12.4 Å². The van der Waals surface area contributed by atoms with Gasteiger partial charge < -0.3 is 34.1 Å². The summed E-state index contributed by atoms with van der Waals surface area (Å²) in [5.41, 5.74) is 2.45. The molecule has 0 saturated carbocycles. The summed E-state index contributed by atoms with van der Waals surface area (Å²) in [4.78, 5) is 12.6. The first kappa shape index (κ1) is 27.7. The predicted molar refractivity (Wildman–Crippen MR) is 149 cm³/mol. The van der Waals surface area contributed by atoms with E-state index in [0.29, 0.717) is 35.2 Å². The van der Waals surface area contributed by atoms with Gasteiger partial charge in [-0.2, -0.15) is 0 Å². The molecule has 198 valence electrons. The maximum Gasteiger partial charge on any atom is 0.248 e. The van der Waals surface area contributed by atoms with E-state index in [0.717, 1.165) is 11.1 Å². The normalized spacial score (nSPS) is 10.8. The van der Waals surface area contributed by atoms with Gasteiger partial charge in [0.15, 0.2) is 23.0 Å². The zero-order chi connectivity index (χ0) is 27.5. The standard InChI is InChI=1S/C30H31NO7/c1-6-14-38-23-9-7-8-20(15-23)12-13-28(32)31-24-16-21(17-25(34-2)29(24)33)10-11-22-18-26(35-3)30(37-5)27(19-22)36-4/h6-13,15-19,33H,1,14H2,2-5H3,(H,31,32)/b11-10+,13-12+. The molecule has 0 aliphatic rings. The van der Waals surface area contributed by atoms with Crippen LogP contribution in [-0.2, 0) is 4.79 Å². The van der Waals surface area contributed by atoms with Crippen LogP contribution in [0.4, 0.5) is 5.69 Å². The van der Waals surface area contributed by atoms with Crippen molar-refractivity contribution in [2.45, 2.75) is 0 Å². The van der Waals surface area contributed by atoms with Gasteiger partial charge in [0.2, 0.25) is 11.7 Å². The highest BCUT2D eigenvalue weighted by molar-refractivity contribution is 6.03. The number of hydrogen-bond acceptors (Lipinski definition) is 7. The molecular weight excluding hydrogens is 486 g/mol. The number of aromatic hydroxyl groups is 1. The molecule has 0 radical (unpaired) electrons. The van der Waals surface area contributed by atoms with E-state index in [2.05, 4.69) is 11.9 Å². The SMILES string of the molecule is C=CCOc1cccc(/C=C/C(=O)Nc2cc(/C=C/c3cc(OC)c(OC)c(OC)c3)cc(OC)c2O)c1. The summed E-state index contributed by atoms with van der Waals surface area (Å²) in [6, 6.07) is 14.2. The molecule has 0 bridgehead atoms. The topological polar surface area (TPSA) is 95.5 Å². The Balaban J connectivity index is 1.82. The second-order valence-corrected chi connectivity index (χ2v) is 7.91. The van der Waals surface area contributed by atoms with Gasteiger partial charge in [0.25, 0.3) is 0 Å². The summed E-state index contributed by atoms with van der Waals surface area (Å²) >= 11 is 0. The van der Waals surface area contributed by atoms with E-state index >= 15 is 0 Å². The van der Waals surface area contributed by atoms with E-state index in [-0.39, 0.29) is 17.2 Å². The minimum atomic E-state index is -0.425. The van der Waals surface area contributed by atoms with E-state index < -0.39 is 5.91 Å². The molecule has 2 N–H and O–H groups in total. The molecule has 0 aliphatic carbocycles. The fraction of sp³-hybridized carbons (Fsp3) is 0.167. The Morgan fingerprint density at radius 1 is 0.842 bits per heavy atom. The first-order valence-corrected chi connectivity index (χ1v) is 11.6. The number of nitrogens with one attached hydrogen (secondary N) is 1. The van der Waals surface area contributed by atoms with Crippen LogP contribution in [0.5, 0.6) is 34.5 Å². The Hall–Kier alpha value is -4.85. The second-order valence-electron chi connectivity index (χ2n) is 7.91. The van der Waals surface area contributed by atoms with Gasteiger partial charge in [-0.25, -0.2) is 0 Å². The number of phenols is 1. The molecule has 0 aromatic heterocycles. The molecular formula is C30H31NO7. The van der Waals surface area contributed by atoms with Crippen LogP contribution in [0.25, 0.3) is 18.2 Å². The second kappa shape index (κ2) is 13.5. The van der Waals surface area contributed by atoms with Crippen LogP contribution in [0, 0.1) is 0 Å². The molecule has 38 heavy (non-hydrogen) atoms. The monoisotopic (exact) mass is 517 g/mol. The van der Waals surface area contributed by atoms with E-state index in [1.54, 1.807) is 57.7 Å². The molecule has 0 saturated heterocycles. The van der Waals surface area contributed by atoms with Crippen molar-refractivity contribution in [2.75, 3.05) is 40.4 Å². The van der Waals surface area contributed by atoms with E-state index in [1.807, 2.05) is 36.4 Å². The molecule has 0 unspecified atom stereocenters. The molecule has 8 heteroatoms. The lowest BCUT2D eigenvalue weighted by Crippen LogP contribution is -2.08. The van der Waals surface area contributed by atoms with Crippen LogP contribution in [0.3, 0.4) is 0 Å². The number of carbonyl (C=O) groups excluding carboxylic acids is 1. The maximum atomic E-state index is 12.6. The molecule has 3 aromatic carbocycles. The summed E-state index contributed by atoms with van der Waals surface area (Å²) < 4.78 is 27.0. The van der Waals surface area contributed by atoms with Crippen molar-refractivity contribution in [2.24, 2.45) is 0 Å². The quantitative estimate of drug-likeness (QED) is 0.135. The average Bonchev–Trinajstić information content (AvgIpc) is 2.94. The van der Waals surface area contributed by atoms with E-state index in [4.69, 9.17) is 23.7 Å². The maximum absolute atomic E-state index is 12.6. The first-order valence-electron chi connectivity index (χ1n) is 11.6. The van der Waals surface area contributed by atoms with Crippen molar-refractivity contribution in [3.05, 3.63) is 84.0 Å². The lowest BCUT2D eigenvalue weighted by atomic mass is 10.1. The van der Waals surface area contributed by atoms with Gasteiger partial charge in [-0.1, -0.05) is 36.9 Å². The minimum absolute atomic E-state index is 0.181. The number of anilines is 1. The van der Waals surface area contributed by atoms with Crippen molar-refractivity contribution in [3.8, 4) is 34.5 Å². The lowest BCUT2D eigenvalue weighted by molar-refractivity contribution is -0.111. The van der Waals surface area contributed by atoms with Crippen molar-refractivity contribution >= 4 is 29.8 Å². The Morgan fingerprint density at radius 2 is 1.47 bits per heavy atom. The van der Waals surface area contributed by atoms with Gasteiger partial charge in [-0.05, 0) is 59.2 Å². The molecule has 3 aromatic rings. The zero-order valence-electron chi connectivity index (χ0n) is 21.8. The number of methoxy groups -OCH3 is 4. The van der Waals surface area contributed by atoms with Gasteiger partial charge >= 0.3 is 0 Å². The Morgan fingerprint density at radius 3 is 2.08 bits per heavy atom. The van der Waals surface area contributed by atoms with Crippen LogP contribution in [0.15, 0.2) is 67.3 Å². The van der Waals surface area contributed by atoms with E-state index in [9.17, 15) is 9.90 Å². The minimum Gasteiger partial charge on any atom is -0.503 e. The number of ether oxygens (including phenoxy) is 5. The van der Waals surface area contributed by atoms with Crippen LogP contribution in [-0.4, -0.2) is 46.1 Å². The third kappa shape index (κ3) is 7.10. The van der Waals surface area contributed by atoms with Crippen LogP contribution in [0.1, 0.15) is 16.7 Å². The predicted octanol–water partition coefficient (Wildman–Crippen LogP) is 5.81. The lowest BCUT2D eigenvalue weighted by Gasteiger charge is -2.13. The third-order valence-corrected chi connectivity index (χ3v) is 5.38. The fourth-order valence-electron chi connectivity index (χ4n) is 3.58. The van der Waals surface area contributed by atoms with Crippen LogP contribution in [0.2, 0.25) is 0 Å². The highest BCUT2D eigenvalue weighted by atomic mass is 16.5. The van der Waals surface area contributed by atoms with Crippen molar-refractivity contribution in [1.29, 1.82) is 0 Å². The summed E-state index contributed by atoms with van der Waals surface area (Å²) in [5.74, 6) is 1.81. The van der Waals surface area contributed by atoms with Gasteiger partial charge in [0.05, 0.1) is 34.1 Å². The molecule has 3 rings (SSSR count). The Kier molecular flexibility index (Phi) is 9.82. The molecule has 0 heterocycles. The number of rotatable bonds is 12. The highest BCUT2D eigenvalue weighted by Crippen LogP contribution is 2.39. The smallest absolute Gasteiger partial charge is 0.248 e. The van der Waals surface area contributed by atoms with Gasteiger partial charge in [-0.15, -0.1) is 0 Å². The molecule has 1 amide bonds. The molecule has 0 fully saturated rings. The van der Waals surface area contributed by atoms with Crippen LogP contribution < -0.4 is 29.0 Å². The molecule has 0 spiro atoms. The van der Waals surface area contributed by atoms with Gasteiger partial charge in [0, 0.05) is 6.08 Å². The summed E-state index contributed by atoms with van der Waals surface area (Å²) in [6.45, 7) is 4.02. The molecule has 0 aliphatic heterocycles. The summed E-state index contributed by atoms with van der Waals surface area (Å²) in [5, 5.41) is 13.3. The molecule has 8 nitrogen and oxygen atoms in total. The fourth-order valence-corrected chi connectivity index (χ4v) is 3.58. The Labute approximate surface area is 222 Å². The summed E-state index contributed by atoms with van der Waals surface area (Å²) in [6.07, 6.45) is 8.33. The third-order valence-electron chi connectivity index (χ3n) is 5.38. The number of phenolic OH excluding ortho intramolecular Hbond substituents is 1. The number of hydrogen-bond donors (Lipinski definition) is 2. The van der Waals surface area contributed by atoms with Crippen molar-refractivity contribution in [1.82, 2.24) is 0 Å². The van der Waals surface area contributed by atoms with Crippen LogP contribution >= 0.6 is 0 Å². The molecule has 0 atom stereocenters. The van der Waals surface area contributed by atoms with E-state index in [1.165, 1.54) is 13.2 Å².